The van der Waals surface area contributed by atoms with E-state index >= 15 is 0 Å². The Morgan fingerprint density at radius 1 is 1.20 bits per heavy atom. The number of guanidine groups is 1. The summed E-state index contributed by atoms with van der Waals surface area (Å²) in [5.41, 5.74) is 3.52. The standard InChI is InChI=1S/C17H27F3N4.HI/c1-5-21-16(22-8-9-24(4)12-17(18,19)20)23-11-15-7-6-13(2)10-14(15)3;/h6-7,10H,5,8-9,11-12H2,1-4H3,(H2,21,22,23);1H. The van der Waals surface area contributed by atoms with E-state index in [2.05, 4.69) is 27.8 Å². The van der Waals surface area contributed by atoms with Gasteiger partial charge in [0.25, 0.3) is 0 Å². The topological polar surface area (TPSA) is 39.7 Å². The van der Waals surface area contributed by atoms with Crippen LogP contribution in [-0.4, -0.2) is 50.3 Å². The summed E-state index contributed by atoms with van der Waals surface area (Å²) in [5, 5.41) is 6.17. The van der Waals surface area contributed by atoms with Crippen molar-refractivity contribution in [1.29, 1.82) is 0 Å². The summed E-state index contributed by atoms with van der Waals surface area (Å²) in [7, 11) is 1.45. The van der Waals surface area contributed by atoms with Gasteiger partial charge in [0.2, 0.25) is 0 Å². The van der Waals surface area contributed by atoms with E-state index < -0.39 is 12.7 Å². The highest BCUT2D eigenvalue weighted by Gasteiger charge is 2.28. The minimum Gasteiger partial charge on any atom is -0.357 e. The van der Waals surface area contributed by atoms with Crippen LogP contribution in [-0.2, 0) is 6.54 Å². The lowest BCUT2D eigenvalue weighted by Crippen LogP contribution is -2.42. The van der Waals surface area contributed by atoms with Gasteiger partial charge in [0, 0.05) is 19.6 Å². The van der Waals surface area contributed by atoms with Gasteiger partial charge in [0.15, 0.2) is 5.96 Å². The van der Waals surface area contributed by atoms with Crippen molar-refractivity contribution in [3.8, 4) is 0 Å². The maximum atomic E-state index is 12.3. The fourth-order valence-corrected chi connectivity index (χ4v) is 2.28. The zero-order chi connectivity index (χ0) is 18.2. The minimum atomic E-state index is -4.17. The van der Waals surface area contributed by atoms with E-state index in [4.69, 9.17) is 0 Å². The van der Waals surface area contributed by atoms with Crippen molar-refractivity contribution in [2.45, 2.75) is 33.5 Å². The number of aryl methyl sites for hydroxylation is 2. The molecule has 0 aromatic heterocycles. The van der Waals surface area contributed by atoms with Crippen molar-refractivity contribution < 1.29 is 13.2 Å². The molecule has 0 bridgehead atoms. The fourth-order valence-electron chi connectivity index (χ4n) is 2.28. The van der Waals surface area contributed by atoms with Crippen molar-refractivity contribution in [3.63, 3.8) is 0 Å². The number of halogens is 4. The number of likely N-dealkylation sites (N-methyl/N-ethyl adjacent to an activating group) is 1. The molecule has 4 nitrogen and oxygen atoms in total. The maximum Gasteiger partial charge on any atom is 0.401 e. The first kappa shape index (κ1) is 24.0. The van der Waals surface area contributed by atoms with Gasteiger partial charge in [0.05, 0.1) is 13.1 Å². The molecule has 0 saturated heterocycles. The van der Waals surface area contributed by atoms with E-state index in [9.17, 15) is 13.2 Å². The van der Waals surface area contributed by atoms with Gasteiger partial charge in [-0.05, 0) is 38.9 Å². The highest BCUT2D eigenvalue weighted by Crippen LogP contribution is 2.15. The quantitative estimate of drug-likeness (QED) is 0.363. The smallest absolute Gasteiger partial charge is 0.357 e. The second kappa shape index (κ2) is 11.6. The normalized spacial score (nSPS) is 12.1. The summed E-state index contributed by atoms with van der Waals surface area (Å²) in [5.74, 6) is 0.609. The van der Waals surface area contributed by atoms with Gasteiger partial charge >= 0.3 is 6.18 Å². The van der Waals surface area contributed by atoms with Gasteiger partial charge in [0.1, 0.15) is 0 Å². The van der Waals surface area contributed by atoms with Gasteiger partial charge in [-0.1, -0.05) is 23.8 Å². The number of alkyl halides is 3. The molecule has 0 aliphatic carbocycles. The summed E-state index contributed by atoms with van der Waals surface area (Å²) in [6.45, 7) is 7.03. The first-order valence-corrected chi connectivity index (χ1v) is 8.05. The van der Waals surface area contributed by atoms with Gasteiger partial charge < -0.3 is 10.6 Å². The van der Waals surface area contributed by atoms with E-state index in [1.54, 1.807) is 0 Å². The zero-order valence-corrected chi connectivity index (χ0v) is 17.5. The van der Waals surface area contributed by atoms with Crippen molar-refractivity contribution in [1.82, 2.24) is 15.5 Å². The predicted octanol–water partition coefficient (Wildman–Crippen LogP) is 3.47. The molecule has 0 aliphatic rings. The number of hydrogen-bond donors (Lipinski definition) is 2. The third kappa shape index (κ3) is 10.5. The molecule has 0 heterocycles. The van der Waals surface area contributed by atoms with Crippen molar-refractivity contribution in [3.05, 3.63) is 34.9 Å². The number of aliphatic imine (C=N–C) groups is 1. The van der Waals surface area contributed by atoms with Crippen LogP contribution in [0.3, 0.4) is 0 Å². The van der Waals surface area contributed by atoms with Gasteiger partial charge in [-0.3, -0.25) is 4.90 Å². The average Bonchev–Trinajstić information content (AvgIpc) is 2.44. The molecular weight excluding hydrogens is 444 g/mol. The van der Waals surface area contributed by atoms with E-state index in [0.29, 0.717) is 25.6 Å². The Kier molecular flexibility index (Phi) is 11.1. The average molecular weight is 472 g/mol. The molecule has 0 saturated carbocycles. The zero-order valence-electron chi connectivity index (χ0n) is 15.2. The first-order chi connectivity index (χ1) is 11.2. The molecule has 1 aromatic carbocycles. The van der Waals surface area contributed by atoms with Crippen LogP contribution in [0.4, 0.5) is 13.2 Å². The van der Waals surface area contributed by atoms with Gasteiger partial charge in [-0.15, -0.1) is 24.0 Å². The molecule has 144 valence electrons. The van der Waals surface area contributed by atoms with Crippen LogP contribution >= 0.6 is 24.0 Å². The van der Waals surface area contributed by atoms with Crippen LogP contribution in [0.2, 0.25) is 0 Å². The molecule has 0 radical (unpaired) electrons. The number of rotatable bonds is 7. The minimum absolute atomic E-state index is 0. The third-order valence-corrected chi connectivity index (χ3v) is 3.49. The Labute approximate surface area is 165 Å². The number of nitrogens with zero attached hydrogens (tertiary/aromatic N) is 2. The van der Waals surface area contributed by atoms with Crippen LogP contribution < -0.4 is 10.6 Å². The van der Waals surface area contributed by atoms with E-state index in [1.807, 2.05) is 26.8 Å². The lowest BCUT2D eigenvalue weighted by Gasteiger charge is -2.19. The molecule has 0 unspecified atom stereocenters. The summed E-state index contributed by atoms with van der Waals surface area (Å²) in [6.07, 6.45) is -4.17. The number of benzene rings is 1. The highest BCUT2D eigenvalue weighted by atomic mass is 127. The van der Waals surface area contributed by atoms with Crippen LogP contribution in [0, 0.1) is 13.8 Å². The highest BCUT2D eigenvalue weighted by molar-refractivity contribution is 14.0. The molecule has 0 spiro atoms. The summed E-state index contributed by atoms with van der Waals surface area (Å²) >= 11 is 0. The fraction of sp³-hybridized carbons (Fsp3) is 0.588. The molecule has 0 aliphatic heterocycles. The Hall–Kier alpha value is -1.03. The molecule has 0 fully saturated rings. The van der Waals surface area contributed by atoms with Crippen LogP contribution in [0.15, 0.2) is 23.2 Å². The summed E-state index contributed by atoms with van der Waals surface area (Å²) < 4.78 is 36.9. The Morgan fingerprint density at radius 3 is 2.44 bits per heavy atom. The Bertz CT molecular complexity index is 547. The lowest BCUT2D eigenvalue weighted by molar-refractivity contribution is -0.142. The number of hydrogen-bond acceptors (Lipinski definition) is 2. The second-order valence-corrected chi connectivity index (χ2v) is 5.90. The Morgan fingerprint density at radius 2 is 1.88 bits per heavy atom. The van der Waals surface area contributed by atoms with Gasteiger partial charge in [-0.2, -0.15) is 13.2 Å². The summed E-state index contributed by atoms with van der Waals surface area (Å²) in [6, 6.07) is 6.20. The van der Waals surface area contributed by atoms with E-state index in [-0.39, 0.29) is 30.5 Å². The molecule has 8 heteroatoms. The molecule has 1 aromatic rings. The Balaban J connectivity index is 0.00000576. The predicted molar refractivity (Wildman–Crippen MR) is 108 cm³/mol. The van der Waals surface area contributed by atoms with Crippen LogP contribution in [0.1, 0.15) is 23.6 Å². The van der Waals surface area contributed by atoms with Crippen LogP contribution in [0.25, 0.3) is 0 Å². The second-order valence-electron chi connectivity index (χ2n) is 5.90. The van der Waals surface area contributed by atoms with E-state index in [1.165, 1.54) is 23.1 Å². The maximum absolute atomic E-state index is 12.3. The molecule has 25 heavy (non-hydrogen) atoms. The van der Waals surface area contributed by atoms with E-state index in [0.717, 1.165) is 5.56 Å². The molecule has 0 atom stereocenters. The number of nitrogens with one attached hydrogen (secondary N) is 2. The molecule has 2 N–H and O–H groups in total. The molecular formula is C17H28F3IN4. The van der Waals surface area contributed by atoms with Crippen molar-refractivity contribution in [2.24, 2.45) is 4.99 Å². The largest absolute Gasteiger partial charge is 0.401 e. The third-order valence-electron chi connectivity index (χ3n) is 3.49. The van der Waals surface area contributed by atoms with Gasteiger partial charge in [-0.25, -0.2) is 4.99 Å². The van der Waals surface area contributed by atoms with Crippen molar-refractivity contribution in [2.75, 3.05) is 33.2 Å². The monoisotopic (exact) mass is 472 g/mol. The molecule has 0 amide bonds. The molecule has 1 rings (SSSR count). The summed E-state index contributed by atoms with van der Waals surface area (Å²) in [4.78, 5) is 5.74. The lowest BCUT2D eigenvalue weighted by atomic mass is 10.1. The van der Waals surface area contributed by atoms with Crippen molar-refractivity contribution >= 4 is 29.9 Å². The van der Waals surface area contributed by atoms with Crippen LogP contribution in [0.5, 0.6) is 0 Å². The first-order valence-electron chi connectivity index (χ1n) is 8.05. The SMILES string of the molecule is CCNC(=NCc1ccc(C)cc1C)NCCN(C)CC(F)(F)F.I.